The first-order valence-corrected chi connectivity index (χ1v) is 5.39. The number of guanidine groups is 1. The van der Waals surface area contributed by atoms with E-state index in [9.17, 15) is 0 Å². The van der Waals surface area contributed by atoms with Crippen LogP contribution < -0.4 is 11.1 Å². The van der Waals surface area contributed by atoms with Crippen molar-refractivity contribution in [1.29, 1.82) is 0 Å². The summed E-state index contributed by atoms with van der Waals surface area (Å²) in [7, 11) is 0. The van der Waals surface area contributed by atoms with Crippen LogP contribution in [0.4, 0.5) is 5.69 Å². The van der Waals surface area contributed by atoms with Crippen molar-refractivity contribution in [3.63, 3.8) is 0 Å². The summed E-state index contributed by atoms with van der Waals surface area (Å²) in [5.74, 6) is 0.597. The lowest BCUT2D eigenvalue weighted by molar-refractivity contribution is 0.240. The molecular formula is C12H19N3O. The maximum Gasteiger partial charge on any atom is 0.193 e. The van der Waals surface area contributed by atoms with Gasteiger partial charge in [0, 0.05) is 5.69 Å². The third-order valence-corrected chi connectivity index (χ3v) is 2.31. The molecule has 0 spiro atoms. The lowest BCUT2D eigenvalue weighted by Crippen LogP contribution is -2.28. The highest BCUT2D eigenvalue weighted by molar-refractivity contribution is 5.92. The Morgan fingerprint density at radius 1 is 1.38 bits per heavy atom. The molecule has 1 atom stereocenters. The van der Waals surface area contributed by atoms with E-state index in [2.05, 4.69) is 10.3 Å². The van der Waals surface area contributed by atoms with Gasteiger partial charge in [-0.05, 0) is 18.1 Å². The van der Waals surface area contributed by atoms with Crippen molar-refractivity contribution in [3.05, 3.63) is 30.3 Å². The number of aliphatic imine (C=N–C) groups is 1. The van der Waals surface area contributed by atoms with Crippen LogP contribution >= 0.6 is 0 Å². The van der Waals surface area contributed by atoms with Gasteiger partial charge in [-0.15, -0.1) is 0 Å². The monoisotopic (exact) mass is 221 g/mol. The van der Waals surface area contributed by atoms with Crippen LogP contribution in [0.15, 0.2) is 35.3 Å². The molecule has 0 saturated carbocycles. The molecule has 4 nitrogen and oxygen atoms in total. The van der Waals surface area contributed by atoms with Gasteiger partial charge >= 0.3 is 0 Å². The van der Waals surface area contributed by atoms with Gasteiger partial charge < -0.3 is 16.2 Å². The minimum Gasteiger partial charge on any atom is -0.394 e. The molecular weight excluding hydrogens is 202 g/mol. The van der Waals surface area contributed by atoms with Gasteiger partial charge in [0.1, 0.15) is 0 Å². The zero-order valence-electron chi connectivity index (χ0n) is 9.72. The number of hydrogen-bond donors (Lipinski definition) is 3. The van der Waals surface area contributed by atoms with Crippen LogP contribution in [-0.2, 0) is 0 Å². The standard InChI is InChI=1S/C12H19N3O/c1-9(2)11(8-16)15-12(13)14-10-6-4-3-5-7-10/h3-7,9,11,16H,8H2,1-2H3,(H3,13,14,15). The van der Waals surface area contributed by atoms with Crippen LogP contribution in [0.2, 0.25) is 0 Å². The van der Waals surface area contributed by atoms with Gasteiger partial charge in [0.25, 0.3) is 0 Å². The van der Waals surface area contributed by atoms with E-state index in [-0.39, 0.29) is 18.6 Å². The fourth-order valence-corrected chi connectivity index (χ4v) is 1.28. The summed E-state index contributed by atoms with van der Waals surface area (Å²) < 4.78 is 0. The molecule has 16 heavy (non-hydrogen) atoms. The number of aliphatic hydroxyl groups is 1. The minimum absolute atomic E-state index is 0.00877. The summed E-state index contributed by atoms with van der Waals surface area (Å²) in [6.07, 6.45) is 0. The van der Waals surface area contributed by atoms with E-state index in [1.54, 1.807) is 0 Å². The van der Waals surface area contributed by atoms with Crippen LogP contribution in [0.3, 0.4) is 0 Å². The third-order valence-electron chi connectivity index (χ3n) is 2.31. The first-order chi connectivity index (χ1) is 7.63. The number of nitrogens with one attached hydrogen (secondary N) is 1. The summed E-state index contributed by atoms with van der Waals surface area (Å²) >= 11 is 0. The molecule has 0 saturated heterocycles. The number of nitrogens with two attached hydrogens (primary N) is 1. The first kappa shape index (κ1) is 12.5. The highest BCUT2D eigenvalue weighted by Crippen LogP contribution is 2.07. The van der Waals surface area contributed by atoms with Gasteiger partial charge in [0.05, 0.1) is 12.6 Å². The SMILES string of the molecule is CC(C)C(CO)N=C(N)Nc1ccccc1. The Morgan fingerprint density at radius 2 is 2.00 bits per heavy atom. The van der Waals surface area contributed by atoms with Crippen LogP contribution in [-0.4, -0.2) is 23.7 Å². The Bertz CT molecular complexity index is 335. The second kappa shape index (κ2) is 6.12. The van der Waals surface area contributed by atoms with Gasteiger partial charge in [0.2, 0.25) is 0 Å². The lowest BCUT2D eigenvalue weighted by Gasteiger charge is -2.15. The third kappa shape index (κ3) is 3.90. The van der Waals surface area contributed by atoms with Crippen molar-refractivity contribution in [2.75, 3.05) is 11.9 Å². The number of rotatable bonds is 4. The number of hydrogen-bond acceptors (Lipinski definition) is 2. The number of benzene rings is 1. The van der Waals surface area contributed by atoms with Gasteiger partial charge in [-0.2, -0.15) is 0 Å². The van der Waals surface area contributed by atoms with E-state index in [0.29, 0.717) is 5.96 Å². The Morgan fingerprint density at radius 3 is 2.50 bits per heavy atom. The average Bonchev–Trinajstić information content (AvgIpc) is 2.27. The molecule has 1 aromatic rings. The molecule has 1 aromatic carbocycles. The summed E-state index contributed by atoms with van der Waals surface area (Å²) in [5.41, 5.74) is 6.64. The molecule has 0 aromatic heterocycles. The van der Waals surface area contributed by atoms with E-state index in [1.165, 1.54) is 0 Å². The molecule has 4 N–H and O–H groups in total. The van der Waals surface area contributed by atoms with Crippen LogP contribution in [0, 0.1) is 5.92 Å². The van der Waals surface area contributed by atoms with Crippen molar-refractivity contribution in [1.82, 2.24) is 0 Å². The Labute approximate surface area is 96.2 Å². The fourth-order valence-electron chi connectivity index (χ4n) is 1.28. The fraction of sp³-hybridized carbons (Fsp3) is 0.417. The number of anilines is 1. The molecule has 0 aliphatic heterocycles. The smallest absolute Gasteiger partial charge is 0.193 e. The van der Waals surface area contributed by atoms with E-state index in [1.807, 2.05) is 44.2 Å². The maximum atomic E-state index is 9.12. The molecule has 1 unspecified atom stereocenters. The molecule has 0 heterocycles. The highest BCUT2D eigenvalue weighted by Gasteiger charge is 2.10. The highest BCUT2D eigenvalue weighted by atomic mass is 16.3. The van der Waals surface area contributed by atoms with Crippen molar-refractivity contribution in [2.45, 2.75) is 19.9 Å². The lowest BCUT2D eigenvalue weighted by atomic mass is 10.1. The number of para-hydroxylation sites is 1. The topological polar surface area (TPSA) is 70.6 Å². The van der Waals surface area contributed by atoms with E-state index >= 15 is 0 Å². The molecule has 0 bridgehead atoms. The zero-order chi connectivity index (χ0) is 12.0. The average molecular weight is 221 g/mol. The Hall–Kier alpha value is -1.55. The van der Waals surface area contributed by atoms with Crippen molar-refractivity contribution >= 4 is 11.6 Å². The van der Waals surface area contributed by atoms with Gasteiger partial charge in [-0.3, -0.25) is 0 Å². The molecule has 0 radical (unpaired) electrons. The van der Waals surface area contributed by atoms with Gasteiger partial charge in [0.15, 0.2) is 5.96 Å². The molecule has 4 heteroatoms. The summed E-state index contributed by atoms with van der Waals surface area (Å²) in [6, 6.07) is 9.43. The summed E-state index contributed by atoms with van der Waals surface area (Å²) in [5, 5.41) is 12.1. The molecule has 0 amide bonds. The molecule has 1 rings (SSSR count). The zero-order valence-corrected chi connectivity index (χ0v) is 9.72. The number of aliphatic hydroxyl groups excluding tert-OH is 1. The Kier molecular flexibility index (Phi) is 4.79. The molecule has 0 aliphatic rings. The quantitative estimate of drug-likeness (QED) is 0.532. The maximum absolute atomic E-state index is 9.12. The second-order valence-electron chi connectivity index (χ2n) is 4.00. The van der Waals surface area contributed by atoms with E-state index in [0.717, 1.165) is 5.69 Å². The molecule has 0 fully saturated rings. The van der Waals surface area contributed by atoms with Crippen LogP contribution in [0.1, 0.15) is 13.8 Å². The summed E-state index contributed by atoms with van der Waals surface area (Å²) in [6.45, 7) is 4.01. The van der Waals surface area contributed by atoms with E-state index in [4.69, 9.17) is 10.8 Å². The first-order valence-electron chi connectivity index (χ1n) is 5.39. The van der Waals surface area contributed by atoms with Crippen LogP contribution in [0.5, 0.6) is 0 Å². The minimum atomic E-state index is -0.156. The van der Waals surface area contributed by atoms with Crippen molar-refractivity contribution < 1.29 is 5.11 Å². The van der Waals surface area contributed by atoms with Crippen LogP contribution in [0.25, 0.3) is 0 Å². The predicted octanol–water partition coefficient (Wildman–Crippen LogP) is 1.43. The normalized spacial score (nSPS) is 13.9. The van der Waals surface area contributed by atoms with E-state index < -0.39 is 0 Å². The summed E-state index contributed by atoms with van der Waals surface area (Å²) in [4.78, 5) is 4.22. The Balaban J connectivity index is 2.64. The van der Waals surface area contributed by atoms with Gasteiger partial charge in [-0.25, -0.2) is 4.99 Å². The predicted molar refractivity (Wildman–Crippen MR) is 67.4 cm³/mol. The van der Waals surface area contributed by atoms with Gasteiger partial charge in [-0.1, -0.05) is 32.0 Å². The second-order valence-corrected chi connectivity index (χ2v) is 4.00. The largest absolute Gasteiger partial charge is 0.394 e. The molecule has 88 valence electrons. The van der Waals surface area contributed by atoms with Crippen molar-refractivity contribution in [2.24, 2.45) is 16.6 Å². The molecule has 0 aliphatic carbocycles. The van der Waals surface area contributed by atoms with Crippen molar-refractivity contribution in [3.8, 4) is 0 Å². The number of nitrogens with zero attached hydrogens (tertiary/aromatic N) is 1.